The lowest BCUT2D eigenvalue weighted by molar-refractivity contribution is -0.122. The smallest absolute Gasteiger partial charge is 0.237 e. The molecule has 1 amide bonds. The van der Waals surface area contributed by atoms with Gasteiger partial charge in [-0.3, -0.25) is 14.8 Å². The summed E-state index contributed by atoms with van der Waals surface area (Å²) in [5, 5.41) is 2.76. The molecular weight excluding hydrogens is 244 g/mol. The van der Waals surface area contributed by atoms with Gasteiger partial charge in [0.15, 0.2) is 5.96 Å². The summed E-state index contributed by atoms with van der Waals surface area (Å²) in [5.74, 6) is -0.136. The van der Waals surface area contributed by atoms with Crippen molar-refractivity contribution in [2.45, 2.75) is 25.4 Å². The molecule has 1 atom stereocenters. The van der Waals surface area contributed by atoms with Crippen LogP contribution in [-0.2, 0) is 11.3 Å². The highest BCUT2D eigenvalue weighted by Crippen LogP contribution is 1.98. The van der Waals surface area contributed by atoms with Crippen LogP contribution in [-0.4, -0.2) is 29.4 Å². The second-order valence-corrected chi connectivity index (χ2v) is 4.13. The van der Waals surface area contributed by atoms with Gasteiger partial charge in [0.05, 0.1) is 6.04 Å². The van der Waals surface area contributed by atoms with E-state index in [2.05, 4.69) is 15.3 Å². The summed E-state index contributed by atoms with van der Waals surface area (Å²) in [4.78, 5) is 19.5. The topological polar surface area (TPSA) is 132 Å². The molecule has 7 heteroatoms. The van der Waals surface area contributed by atoms with E-state index in [9.17, 15) is 4.79 Å². The Balaban J connectivity index is 2.23. The molecule has 0 aliphatic carbocycles. The van der Waals surface area contributed by atoms with Gasteiger partial charge in [0, 0.05) is 25.5 Å². The average molecular weight is 264 g/mol. The molecule has 0 aliphatic rings. The van der Waals surface area contributed by atoms with Crippen LogP contribution >= 0.6 is 0 Å². The van der Waals surface area contributed by atoms with E-state index in [0.717, 1.165) is 5.56 Å². The first-order valence-corrected chi connectivity index (χ1v) is 6.07. The largest absolute Gasteiger partial charge is 0.370 e. The van der Waals surface area contributed by atoms with E-state index in [1.54, 1.807) is 12.4 Å². The molecule has 0 unspecified atom stereocenters. The van der Waals surface area contributed by atoms with Crippen molar-refractivity contribution in [2.24, 2.45) is 22.2 Å². The van der Waals surface area contributed by atoms with Gasteiger partial charge in [0.2, 0.25) is 5.91 Å². The first-order chi connectivity index (χ1) is 9.09. The van der Waals surface area contributed by atoms with Gasteiger partial charge in [-0.05, 0) is 24.5 Å². The maximum absolute atomic E-state index is 11.7. The Labute approximate surface area is 112 Å². The highest BCUT2D eigenvalue weighted by molar-refractivity contribution is 5.81. The number of aliphatic imine (C=N–C) groups is 1. The Morgan fingerprint density at radius 2 is 2.26 bits per heavy atom. The summed E-state index contributed by atoms with van der Waals surface area (Å²) < 4.78 is 0. The van der Waals surface area contributed by atoms with Crippen LogP contribution in [0.4, 0.5) is 0 Å². The van der Waals surface area contributed by atoms with Crippen LogP contribution in [0, 0.1) is 0 Å². The first-order valence-electron chi connectivity index (χ1n) is 6.07. The molecule has 104 valence electrons. The van der Waals surface area contributed by atoms with Crippen LogP contribution in [0.15, 0.2) is 29.5 Å². The quantitative estimate of drug-likeness (QED) is 0.287. The minimum atomic E-state index is -0.550. The van der Waals surface area contributed by atoms with Gasteiger partial charge in [-0.1, -0.05) is 6.07 Å². The summed E-state index contributed by atoms with van der Waals surface area (Å²) in [6.07, 6.45) is 4.58. The summed E-state index contributed by atoms with van der Waals surface area (Å²) in [6, 6.07) is 3.15. The van der Waals surface area contributed by atoms with Gasteiger partial charge in [-0.2, -0.15) is 0 Å². The molecule has 1 aromatic rings. The first kappa shape index (κ1) is 14.9. The van der Waals surface area contributed by atoms with Gasteiger partial charge in [-0.25, -0.2) is 0 Å². The van der Waals surface area contributed by atoms with E-state index in [-0.39, 0.29) is 11.9 Å². The lowest BCUT2D eigenvalue weighted by Crippen LogP contribution is -2.40. The van der Waals surface area contributed by atoms with E-state index in [0.29, 0.717) is 25.9 Å². The number of hydrogen-bond acceptors (Lipinski definition) is 4. The Morgan fingerprint density at radius 3 is 2.89 bits per heavy atom. The lowest BCUT2D eigenvalue weighted by atomic mass is 10.1. The summed E-state index contributed by atoms with van der Waals surface area (Å²) in [5.41, 5.74) is 17.1. The third kappa shape index (κ3) is 6.37. The Morgan fingerprint density at radius 1 is 1.47 bits per heavy atom. The third-order valence-corrected chi connectivity index (χ3v) is 2.49. The number of nitrogens with zero attached hydrogens (tertiary/aromatic N) is 2. The number of nitrogens with one attached hydrogen (secondary N) is 1. The molecule has 0 fully saturated rings. The lowest BCUT2D eigenvalue weighted by Gasteiger charge is -2.11. The number of rotatable bonds is 7. The van der Waals surface area contributed by atoms with Crippen molar-refractivity contribution >= 4 is 11.9 Å². The van der Waals surface area contributed by atoms with Crippen molar-refractivity contribution in [1.82, 2.24) is 10.3 Å². The average Bonchev–Trinajstić information content (AvgIpc) is 2.41. The predicted octanol–water partition coefficient (Wildman–Crippen LogP) is -0.921. The minimum Gasteiger partial charge on any atom is -0.370 e. The second-order valence-electron chi connectivity index (χ2n) is 4.13. The van der Waals surface area contributed by atoms with Gasteiger partial charge in [0.1, 0.15) is 0 Å². The zero-order valence-corrected chi connectivity index (χ0v) is 10.7. The fourth-order valence-electron chi connectivity index (χ4n) is 1.47. The molecule has 7 N–H and O–H groups in total. The number of amides is 1. The Kier molecular flexibility index (Phi) is 6.31. The molecule has 1 heterocycles. The third-order valence-electron chi connectivity index (χ3n) is 2.49. The van der Waals surface area contributed by atoms with Crippen LogP contribution in [0.1, 0.15) is 18.4 Å². The molecule has 0 aliphatic heterocycles. The fraction of sp³-hybridized carbons (Fsp3) is 0.417. The number of aromatic nitrogens is 1. The molecule has 7 nitrogen and oxygen atoms in total. The molecule has 0 radical (unpaired) electrons. The van der Waals surface area contributed by atoms with Crippen molar-refractivity contribution in [2.75, 3.05) is 6.54 Å². The second kappa shape index (κ2) is 8.04. The van der Waals surface area contributed by atoms with Crippen molar-refractivity contribution in [3.8, 4) is 0 Å². The molecule has 1 rings (SSSR count). The van der Waals surface area contributed by atoms with Gasteiger partial charge in [0.25, 0.3) is 0 Å². The van der Waals surface area contributed by atoms with E-state index in [1.165, 1.54) is 0 Å². The summed E-state index contributed by atoms with van der Waals surface area (Å²) >= 11 is 0. The fourth-order valence-corrected chi connectivity index (χ4v) is 1.47. The normalized spacial score (nSPS) is 11.6. The van der Waals surface area contributed by atoms with Crippen LogP contribution in [0.25, 0.3) is 0 Å². The zero-order valence-electron chi connectivity index (χ0n) is 10.7. The molecular formula is C12H20N6O. The Bertz CT molecular complexity index is 415. The maximum atomic E-state index is 11.7. The molecule has 1 aromatic heterocycles. The summed E-state index contributed by atoms with van der Waals surface area (Å²) in [6.45, 7) is 0.903. The zero-order chi connectivity index (χ0) is 14.1. The monoisotopic (exact) mass is 264 g/mol. The van der Waals surface area contributed by atoms with Crippen LogP contribution < -0.4 is 22.5 Å². The van der Waals surface area contributed by atoms with Crippen LogP contribution in [0.3, 0.4) is 0 Å². The van der Waals surface area contributed by atoms with E-state index >= 15 is 0 Å². The summed E-state index contributed by atoms with van der Waals surface area (Å²) in [7, 11) is 0. The van der Waals surface area contributed by atoms with Crippen molar-refractivity contribution in [3.05, 3.63) is 30.1 Å². The van der Waals surface area contributed by atoms with Crippen LogP contribution in [0.5, 0.6) is 0 Å². The van der Waals surface area contributed by atoms with Crippen molar-refractivity contribution in [3.63, 3.8) is 0 Å². The Hall–Kier alpha value is -2.15. The van der Waals surface area contributed by atoms with Gasteiger partial charge in [-0.15, -0.1) is 0 Å². The molecule has 19 heavy (non-hydrogen) atoms. The minimum absolute atomic E-state index is 0.0506. The SMILES string of the molecule is NC(N)=NCCC[C@H](N)C(=O)NCc1cccnc1. The number of hydrogen-bond donors (Lipinski definition) is 4. The number of nitrogens with two attached hydrogens (primary N) is 3. The number of carbonyl (C=O) groups is 1. The van der Waals surface area contributed by atoms with E-state index in [1.807, 2.05) is 12.1 Å². The number of carbonyl (C=O) groups excluding carboxylic acids is 1. The van der Waals surface area contributed by atoms with E-state index in [4.69, 9.17) is 17.2 Å². The van der Waals surface area contributed by atoms with Gasteiger partial charge >= 0.3 is 0 Å². The molecule has 0 saturated carbocycles. The molecule has 0 aromatic carbocycles. The number of pyridine rings is 1. The van der Waals surface area contributed by atoms with Gasteiger partial charge < -0.3 is 22.5 Å². The highest BCUT2D eigenvalue weighted by Gasteiger charge is 2.12. The molecule has 0 saturated heterocycles. The van der Waals surface area contributed by atoms with Crippen molar-refractivity contribution in [1.29, 1.82) is 0 Å². The predicted molar refractivity (Wildman–Crippen MR) is 74.0 cm³/mol. The standard InChI is InChI=1S/C12H20N6O/c13-10(4-2-6-17-12(14)15)11(19)18-8-9-3-1-5-16-7-9/h1,3,5,7,10H,2,4,6,8,13H2,(H,18,19)(H4,14,15,17)/t10-/m0/s1. The van der Waals surface area contributed by atoms with Crippen molar-refractivity contribution < 1.29 is 4.79 Å². The van der Waals surface area contributed by atoms with Crippen LogP contribution in [0.2, 0.25) is 0 Å². The van der Waals surface area contributed by atoms with E-state index < -0.39 is 6.04 Å². The maximum Gasteiger partial charge on any atom is 0.237 e. The molecule has 0 bridgehead atoms. The molecule has 0 spiro atoms. The number of guanidine groups is 1. The highest BCUT2D eigenvalue weighted by atomic mass is 16.2.